The molecule has 0 saturated carbocycles. The summed E-state index contributed by atoms with van der Waals surface area (Å²) in [5, 5.41) is 8.56. The fourth-order valence-corrected chi connectivity index (χ4v) is 4.34. The minimum atomic E-state index is 0.0391. The summed E-state index contributed by atoms with van der Waals surface area (Å²) in [4.78, 5) is 14.7. The molecular weight excluding hydrogens is 429 g/mol. The zero-order valence-electron chi connectivity index (χ0n) is 15.7. The van der Waals surface area contributed by atoms with Crippen molar-refractivity contribution in [2.75, 3.05) is 13.1 Å². The van der Waals surface area contributed by atoms with Crippen LogP contribution in [0.15, 0.2) is 42.6 Å². The number of nitrogens with one attached hydrogen (secondary N) is 1. The largest absolute Gasteiger partial charge is 0.352 e. The molecule has 2 aromatic heterocycles. The normalized spacial score (nSPS) is 15.7. The van der Waals surface area contributed by atoms with Gasteiger partial charge in [-0.25, -0.2) is 4.68 Å². The number of hydrogen-bond acceptors (Lipinski definition) is 4. The molecule has 6 nitrogen and oxygen atoms in total. The van der Waals surface area contributed by atoms with Crippen LogP contribution in [-0.4, -0.2) is 38.1 Å². The molecule has 1 N–H and O–H groups in total. The zero-order valence-corrected chi connectivity index (χ0v) is 18.1. The van der Waals surface area contributed by atoms with E-state index in [2.05, 4.69) is 15.3 Å². The van der Waals surface area contributed by atoms with Gasteiger partial charge < -0.3 is 5.32 Å². The van der Waals surface area contributed by atoms with Gasteiger partial charge in [0.2, 0.25) is 10.7 Å². The van der Waals surface area contributed by atoms with Crippen LogP contribution in [0, 0.1) is 10.7 Å². The highest BCUT2D eigenvalue weighted by atomic mass is 35.5. The minimum absolute atomic E-state index is 0.0391. The second kappa shape index (κ2) is 8.83. The Bertz CT molecular complexity index is 1070. The van der Waals surface area contributed by atoms with E-state index in [-0.39, 0.29) is 11.8 Å². The maximum absolute atomic E-state index is 12.5. The van der Waals surface area contributed by atoms with Gasteiger partial charge in [-0.05, 0) is 36.7 Å². The number of fused-ring (bicyclic) bond motifs is 1. The number of aromatic nitrogens is 3. The quantitative estimate of drug-likeness (QED) is 0.594. The molecule has 0 unspecified atom stereocenters. The number of halogens is 2. The van der Waals surface area contributed by atoms with Crippen molar-refractivity contribution in [2.24, 2.45) is 5.92 Å². The van der Waals surface area contributed by atoms with Crippen LogP contribution in [0.3, 0.4) is 0 Å². The third kappa shape index (κ3) is 4.64. The third-order valence-electron chi connectivity index (χ3n) is 5.20. The average molecular weight is 450 g/mol. The standard InChI is InChI=1S/C20H21Cl2N5OS/c21-16-10-17(22)18-24-27(20(29)26(18)12-16)13-25-8-6-15(7-9-25)19(28)23-11-14-4-2-1-3-5-14/h1-5,10,12,15H,6-9,11,13H2,(H,23,28). The van der Waals surface area contributed by atoms with E-state index in [0.29, 0.717) is 33.7 Å². The summed E-state index contributed by atoms with van der Waals surface area (Å²) in [6, 6.07) is 11.6. The van der Waals surface area contributed by atoms with E-state index in [9.17, 15) is 4.79 Å². The molecule has 3 heterocycles. The van der Waals surface area contributed by atoms with Gasteiger partial charge in [0, 0.05) is 31.7 Å². The van der Waals surface area contributed by atoms with Crippen LogP contribution >= 0.6 is 35.4 Å². The summed E-state index contributed by atoms with van der Waals surface area (Å²) in [5.74, 6) is 0.163. The topological polar surface area (TPSA) is 54.6 Å². The van der Waals surface area contributed by atoms with E-state index in [0.717, 1.165) is 31.5 Å². The molecule has 0 aliphatic carbocycles. The number of pyridine rings is 1. The smallest absolute Gasteiger partial charge is 0.223 e. The maximum Gasteiger partial charge on any atom is 0.223 e. The molecule has 1 saturated heterocycles. The van der Waals surface area contributed by atoms with Crippen LogP contribution in [0.2, 0.25) is 10.0 Å². The molecule has 9 heteroatoms. The van der Waals surface area contributed by atoms with Gasteiger partial charge in [-0.15, -0.1) is 5.10 Å². The van der Waals surface area contributed by atoms with Gasteiger partial charge in [-0.2, -0.15) is 0 Å². The first-order chi connectivity index (χ1) is 14.0. The fraction of sp³-hybridized carbons (Fsp3) is 0.350. The Labute approximate surface area is 184 Å². The first kappa shape index (κ1) is 20.3. The number of rotatable bonds is 5. The van der Waals surface area contributed by atoms with Crippen molar-refractivity contribution < 1.29 is 4.79 Å². The summed E-state index contributed by atoms with van der Waals surface area (Å²) in [5.41, 5.74) is 1.70. The van der Waals surface area contributed by atoms with E-state index in [1.807, 2.05) is 30.3 Å². The molecule has 1 aliphatic heterocycles. The fourth-order valence-electron chi connectivity index (χ4n) is 3.59. The van der Waals surface area contributed by atoms with Gasteiger partial charge in [0.15, 0.2) is 5.65 Å². The molecule has 0 radical (unpaired) electrons. The second-order valence-electron chi connectivity index (χ2n) is 7.22. The average Bonchev–Trinajstić information content (AvgIpc) is 3.03. The number of likely N-dealkylation sites (tertiary alicyclic amines) is 1. The first-order valence-corrected chi connectivity index (χ1v) is 10.7. The Morgan fingerprint density at radius 2 is 1.93 bits per heavy atom. The van der Waals surface area contributed by atoms with Crippen molar-refractivity contribution in [1.82, 2.24) is 24.4 Å². The van der Waals surface area contributed by atoms with E-state index >= 15 is 0 Å². The highest BCUT2D eigenvalue weighted by Crippen LogP contribution is 2.22. The molecule has 1 amide bonds. The van der Waals surface area contributed by atoms with Crippen LogP contribution in [0.1, 0.15) is 18.4 Å². The second-order valence-corrected chi connectivity index (χ2v) is 8.43. The van der Waals surface area contributed by atoms with Gasteiger partial charge in [-0.1, -0.05) is 53.5 Å². The molecule has 1 fully saturated rings. The van der Waals surface area contributed by atoms with Crippen LogP contribution in [-0.2, 0) is 18.0 Å². The predicted octanol–water partition coefficient (Wildman–Crippen LogP) is 4.16. The molecule has 3 aromatic rings. The number of benzene rings is 1. The highest BCUT2D eigenvalue weighted by molar-refractivity contribution is 7.71. The van der Waals surface area contributed by atoms with Gasteiger partial charge in [0.05, 0.1) is 16.7 Å². The SMILES string of the molecule is O=C(NCc1ccccc1)C1CCN(Cn2nc3c(Cl)cc(Cl)cn3c2=S)CC1. The Kier molecular flexibility index (Phi) is 6.20. The molecule has 1 aliphatic rings. The van der Waals surface area contributed by atoms with Gasteiger partial charge in [-0.3, -0.25) is 14.1 Å². The maximum atomic E-state index is 12.5. The molecule has 152 valence electrons. The van der Waals surface area contributed by atoms with Crippen molar-refractivity contribution in [3.8, 4) is 0 Å². The van der Waals surface area contributed by atoms with E-state index in [1.165, 1.54) is 0 Å². The first-order valence-electron chi connectivity index (χ1n) is 9.49. The van der Waals surface area contributed by atoms with Gasteiger partial charge in [0.25, 0.3) is 0 Å². The van der Waals surface area contributed by atoms with Crippen LogP contribution in [0.25, 0.3) is 5.65 Å². The molecule has 0 spiro atoms. The molecule has 4 rings (SSSR count). The summed E-state index contributed by atoms with van der Waals surface area (Å²) < 4.78 is 4.03. The van der Waals surface area contributed by atoms with E-state index in [1.54, 1.807) is 21.3 Å². The van der Waals surface area contributed by atoms with E-state index in [4.69, 9.17) is 35.4 Å². The minimum Gasteiger partial charge on any atom is -0.352 e. The Balaban J connectivity index is 1.34. The Morgan fingerprint density at radius 3 is 2.66 bits per heavy atom. The number of carbonyl (C=O) groups excluding carboxylic acids is 1. The van der Waals surface area contributed by atoms with Crippen LogP contribution in [0.4, 0.5) is 0 Å². The lowest BCUT2D eigenvalue weighted by Crippen LogP contribution is -2.41. The van der Waals surface area contributed by atoms with Crippen molar-refractivity contribution >= 4 is 47.0 Å². The summed E-state index contributed by atoms with van der Waals surface area (Å²) in [7, 11) is 0. The van der Waals surface area contributed by atoms with Crippen LogP contribution < -0.4 is 5.32 Å². The number of carbonyl (C=O) groups is 1. The van der Waals surface area contributed by atoms with E-state index < -0.39 is 0 Å². The van der Waals surface area contributed by atoms with Gasteiger partial charge in [0.1, 0.15) is 0 Å². The summed E-state index contributed by atoms with van der Waals surface area (Å²) >= 11 is 17.8. The summed E-state index contributed by atoms with van der Waals surface area (Å²) in [6.07, 6.45) is 3.35. The molecule has 0 atom stereocenters. The Hall–Kier alpha value is -1.93. The number of hydrogen-bond donors (Lipinski definition) is 1. The third-order valence-corrected chi connectivity index (χ3v) is 6.10. The zero-order chi connectivity index (χ0) is 20.4. The summed E-state index contributed by atoms with van der Waals surface area (Å²) in [6.45, 7) is 2.76. The molecule has 0 bridgehead atoms. The molecule has 1 aromatic carbocycles. The lowest BCUT2D eigenvalue weighted by Gasteiger charge is -2.30. The highest BCUT2D eigenvalue weighted by Gasteiger charge is 2.25. The van der Waals surface area contributed by atoms with Crippen molar-refractivity contribution in [1.29, 1.82) is 0 Å². The monoisotopic (exact) mass is 449 g/mol. The number of nitrogens with zero attached hydrogens (tertiary/aromatic N) is 4. The van der Waals surface area contributed by atoms with Crippen molar-refractivity contribution in [3.63, 3.8) is 0 Å². The molecular formula is C20H21Cl2N5OS. The lowest BCUT2D eigenvalue weighted by molar-refractivity contribution is -0.126. The van der Waals surface area contributed by atoms with Crippen molar-refractivity contribution in [2.45, 2.75) is 26.1 Å². The molecule has 29 heavy (non-hydrogen) atoms. The Morgan fingerprint density at radius 1 is 1.21 bits per heavy atom. The van der Waals surface area contributed by atoms with Crippen molar-refractivity contribution in [3.05, 3.63) is 63.0 Å². The van der Waals surface area contributed by atoms with Crippen LogP contribution in [0.5, 0.6) is 0 Å². The number of piperidine rings is 1. The lowest BCUT2D eigenvalue weighted by atomic mass is 9.96. The predicted molar refractivity (Wildman–Crippen MR) is 117 cm³/mol. The van der Waals surface area contributed by atoms with Gasteiger partial charge >= 0.3 is 0 Å². The number of amides is 1.